The third-order valence-corrected chi connectivity index (χ3v) is 3.28. The lowest BCUT2D eigenvalue weighted by Crippen LogP contribution is -2.40. The molecule has 4 heteroatoms. The first kappa shape index (κ1) is 13.5. The van der Waals surface area contributed by atoms with Crippen LogP contribution in [0, 0.1) is 5.92 Å². The number of carbonyl (C=O) groups is 1. The molecule has 0 spiro atoms. The maximum atomic E-state index is 11.6. The second-order valence-corrected chi connectivity index (χ2v) is 4.49. The number of hydrogen-bond acceptors (Lipinski definition) is 4. The van der Waals surface area contributed by atoms with Gasteiger partial charge < -0.3 is 15.2 Å². The predicted molar refractivity (Wildman–Crippen MR) is 62.0 cm³/mol. The van der Waals surface area contributed by atoms with Crippen molar-refractivity contribution in [1.82, 2.24) is 0 Å². The molecule has 0 aromatic heterocycles. The Hall–Kier alpha value is -0.610. The van der Waals surface area contributed by atoms with E-state index in [-0.39, 0.29) is 18.7 Å². The number of nitrogens with two attached hydrogens (primary N) is 1. The van der Waals surface area contributed by atoms with Crippen LogP contribution in [-0.2, 0) is 14.3 Å². The summed E-state index contributed by atoms with van der Waals surface area (Å²) in [5, 5.41) is 0. The molecular formula is C12H23NO3. The molecule has 0 aromatic rings. The van der Waals surface area contributed by atoms with Crippen molar-refractivity contribution in [2.45, 2.75) is 51.2 Å². The molecule has 1 rings (SSSR count). The normalized spacial score (nSPS) is 27.4. The number of ether oxygens (including phenoxy) is 2. The van der Waals surface area contributed by atoms with Crippen molar-refractivity contribution in [1.29, 1.82) is 0 Å². The Balaban J connectivity index is 2.41. The van der Waals surface area contributed by atoms with Crippen molar-refractivity contribution in [3.05, 3.63) is 0 Å². The average Bonchev–Trinajstić information content (AvgIpc) is 2.30. The zero-order valence-corrected chi connectivity index (χ0v) is 10.3. The molecule has 0 saturated heterocycles. The van der Waals surface area contributed by atoms with Gasteiger partial charge in [0.05, 0.1) is 6.61 Å². The summed E-state index contributed by atoms with van der Waals surface area (Å²) in [4.78, 5) is 11.6. The molecule has 3 unspecified atom stereocenters. The van der Waals surface area contributed by atoms with E-state index in [0.717, 1.165) is 25.7 Å². The lowest BCUT2D eigenvalue weighted by molar-refractivity contribution is -0.156. The monoisotopic (exact) mass is 229 g/mol. The van der Waals surface area contributed by atoms with Gasteiger partial charge in [0.2, 0.25) is 0 Å². The lowest BCUT2D eigenvalue weighted by atomic mass is 9.85. The number of hydrogen-bond donors (Lipinski definition) is 1. The molecule has 1 fully saturated rings. The van der Waals surface area contributed by atoms with E-state index in [0.29, 0.717) is 5.92 Å². The van der Waals surface area contributed by atoms with E-state index < -0.39 is 6.04 Å². The second-order valence-electron chi connectivity index (χ2n) is 4.49. The second kappa shape index (κ2) is 6.86. The highest BCUT2D eigenvalue weighted by Crippen LogP contribution is 2.29. The van der Waals surface area contributed by atoms with Gasteiger partial charge >= 0.3 is 5.97 Å². The molecule has 1 aliphatic carbocycles. The van der Waals surface area contributed by atoms with E-state index in [2.05, 4.69) is 6.92 Å². The minimum absolute atomic E-state index is 0.0640. The fourth-order valence-electron chi connectivity index (χ4n) is 2.28. The summed E-state index contributed by atoms with van der Waals surface area (Å²) < 4.78 is 10.3. The van der Waals surface area contributed by atoms with Crippen molar-refractivity contribution in [2.75, 3.05) is 13.7 Å². The summed E-state index contributed by atoms with van der Waals surface area (Å²) >= 11 is 0. The Kier molecular flexibility index (Phi) is 5.77. The van der Waals surface area contributed by atoms with Gasteiger partial charge in [-0.1, -0.05) is 13.3 Å². The number of methoxy groups -OCH3 is 1. The third-order valence-electron chi connectivity index (χ3n) is 3.28. The first-order valence-corrected chi connectivity index (χ1v) is 6.14. The van der Waals surface area contributed by atoms with Crippen molar-refractivity contribution >= 4 is 5.97 Å². The topological polar surface area (TPSA) is 61.5 Å². The van der Waals surface area contributed by atoms with Gasteiger partial charge in [0.25, 0.3) is 0 Å². The molecule has 94 valence electrons. The fourth-order valence-corrected chi connectivity index (χ4v) is 2.28. The van der Waals surface area contributed by atoms with Crippen molar-refractivity contribution in [3.8, 4) is 0 Å². The smallest absolute Gasteiger partial charge is 0.325 e. The van der Waals surface area contributed by atoms with Crippen LogP contribution < -0.4 is 5.73 Å². The van der Waals surface area contributed by atoms with Gasteiger partial charge in [0.1, 0.15) is 12.1 Å². The van der Waals surface area contributed by atoms with E-state index in [1.165, 1.54) is 13.5 Å². The third kappa shape index (κ3) is 3.76. The van der Waals surface area contributed by atoms with Crippen LogP contribution in [0.15, 0.2) is 0 Å². The van der Waals surface area contributed by atoms with Crippen LogP contribution in [0.25, 0.3) is 0 Å². The van der Waals surface area contributed by atoms with Gasteiger partial charge in [-0.3, -0.25) is 4.79 Å². The molecule has 2 N–H and O–H groups in total. The predicted octanol–water partition coefficient (Wildman–Crippen LogP) is 1.47. The largest absolute Gasteiger partial charge is 0.461 e. The van der Waals surface area contributed by atoms with Crippen LogP contribution in [0.5, 0.6) is 0 Å². The Morgan fingerprint density at radius 2 is 2.12 bits per heavy atom. The van der Waals surface area contributed by atoms with Crippen LogP contribution in [0.2, 0.25) is 0 Å². The highest BCUT2D eigenvalue weighted by atomic mass is 16.5. The SMILES string of the molecule is CCC1CCCCC1OC(=O)C(N)COC. The molecule has 0 radical (unpaired) electrons. The van der Waals surface area contributed by atoms with Crippen LogP contribution in [0.3, 0.4) is 0 Å². The van der Waals surface area contributed by atoms with Gasteiger partial charge in [-0.05, 0) is 31.6 Å². The molecule has 0 aliphatic heterocycles. The molecule has 4 nitrogen and oxygen atoms in total. The zero-order valence-electron chi connectivity index (χ0n) is 10.3. The molecule has 0 aromatic carbocycles. The molecule has 0 heterocycles. The number of esters is 1. The molecule has 1 aliphatic rings. The van der Waals surface area contributed by atoms with Gasteiger partial charge in [0.15, 0.2) is 0 Å². The van der Waals surface area contributed by atoms with E-state index in [9.17, 15) is 4.79 Å². The first-order valence-electron chi connectivity index (χ1n) is 6.14. The molecule has 16 heavy (non-hydrogen) atoms. The standard InChI is InChI=1S/C12H23NO3/c1-3-9-6-4-5-7-11(9)16-12(14)10(13)8-15-2/h9-11H,3-8,13H2,1-2H3. The Labute approximate surface area is 97.5 Å². The van der Waals surface area contributed by atoms with Crippen LogP contribution in [0.1, 0.15) is 39.0 Å². The summed E-state index contributed by atoms with van der Waals surface area (Å²) in [5.74, 6) is 0.180. The van der Waals surface area contributed by atoms with Gasteiger partial charge in [0, 0.05) is 7.11 Å². The summed E-state index contributed by atoms with van der Waals surface area (Å²) in [6.45, 7) is 2.37. The van der Waals surface area contributed by atoms with Gasteiger partial charge in [-0.15, -0.1) is 0 Å². The van der Waals surface area contributed by atoms with Crippen LogP contribution in [0.4, 0.5) is 0 Å². The quantitative estimate of drug-likeness (QED) is 0.725. The molecule has 3 atom stereocenters. The number of carbonyl (C=O) groups excluding carboxylic acids is 1. The van der Waals surface area contributed by atoms with Crippen LogP contribution >= 0.6 is 0 Å². The lowest BCUT2D eigenvalue weighted by Gasteiger charge is -2.31. The van der Waals surface area contributed by atoms with Crippen LogP contribution in [-0.4, -0.2) is 31.8 Å². The Bertz CT molecular complexity index is 220. The van der Waals surface area contributed by atoms with Gasteiger partial charge in [-0.25, -0.2) is 0 Å². The highest BCUT2D eigenvalue weighted by molar-refractivity contribution is 5.75. The summed E-state index contributed by atoms with van der Waals surface area (Å²) in [6.07, 6.45) is 5.66. The van der Waals surface area contributed by atoms with Crippen molar-refractivity contribution < 1.29 is 14.3 Å². The molecular weight excluding hydrogens is 206 g/mol. The number of rotatable bonds is 5. The zero-order chi connectivity index (χ0) is 12.0. The van der Waals surface area contributed by atoms with E-state index in [4.69, 9.17) is 15.2 Å². The maximum Gasteiger partial charge on any atom is 0.325 e. The Morgan fingerprint density at radius 3 is 2.75 bits per heavy atom. The van der Waals surface area contributed by atoms with E-state index in [1.54, 1.807) is 0 Å². The minimum Gasteiger partial charge on any atom is -0.461 e. The van der Waals surface area contributed by atoms with E-state index in [1.807, 2.05) is 0 Å². The average molecular weight is 229 g/mol. The summed E-state index contributed by atoms with van der Waals surface area (Å²) in [5.41, 5.74) is 5.63. The van der Waals surface area contributed by atoms with Gasteiger partial charge in [-0.2, -0.15) is 0 Å². The molecule has 1 saturated carbocycles. The maximum absolute atomic E-state index is 11.6. The van der Waals surface area contributed by atoms with Crippen molar-refractivity contribution in [3.63, 3.8) is 0 Å². The summed E-state index contributed by atoms with van der Waals surface area (Å²) in [7, 11) is 1.53. The van der Waals surface area contributed by atoms with E-state index >= 15 is 0 Å². The fraction of sp³-hybridized carbons (Fsp3) is 0.917. The highest BCUT2D eigenvalue weighted by Gasteiger charge is 2.28. The first-order chi connectivity index (χ1) is 7.69. The van der Waals surface area contributed by atoms with Crippen molar-refractivity contribution in [2.24, 2.45) is 11.7 Å². The summed E-state index contributed by atoms with van der Waals surface area (Å²) in [6, 6.07) is -0.649. The molecule has 0 amide bonds. The Morgan fingerprint density at radius 1 is 1.44 bits per heavy atom. The minimum atomic E-state index is -0.649. The molecule has 0 bridgehead atoms.